The molecule has 0 amide bonds. The fraction of sp³-hybridized carbons (Fsp3) is 0.842. The average molecular weight is 703 g/mol. The lowest BCUT2D eigenvalue weighted by molar-refractivity contribution is -0.237. The van der Waals surface area contributed by atoms with Crippen LogP contribution in [0.1, 0.15) is 84.1 Å². The van der Waals surface area contributed by atoms with Crippen molar-refractivity contribution in [1.82, 2.24) is 4.90 Å². The highest BCUT2D eigenvalue weighted by Crippen LogP contribution is 2.72. The third kappa shape index (κ3) is 7.32. The van der Waals surface area contributed by atoms with Gasteiger partial charge in [0.1, 0.15) is 0 Å². The van der Waals surface area contributed by atoms with E-state index in [0.717, 1.165) is 45.1 Å². The minimum atomic E-state index is -0.0598. The van der Waals surface area contributed by atoms with Crippen molar-refractivity contribution < 1.29 is 14.2 Å². The minimum absolute atomic E-state index is 0.0554. The van der Waals surface area contributed by atoms with Gasteiger partial charge in [-0.3, -0.25) is 4.90 Å². The first kappa shape index (κ1) is 37.7. The van der Waals surface area contributed by atoms with E-state index in [-0.39, 0.29) is 34.6 Å². The summed E-state index contributed by atoms with van der Waals surface area (Å²) in [5.41, 5.74) is 28.3. The van der Waals surface area contributed by atoms with Gasteiger partial charge in [0.25, 0.3) is 0 Å². The van der Waals surface area contributed by atoms with E-state index in [9.17, 15) is 0 Å². The maximum atomic E-state index is 9.06. The molecule has 0 N–H and O–H groups in total. The van der Waals surface area contributed by atoms with Crippen molar-refractivity contribution in [3.8, 4) is 0 Å². The summed E-state index contributed by atoms with van der Waals surface area (Å²) in [7, 11) is 2.31. The summed E-state index contributed by atoms with van der Waals surface area (Å²) < 4.78 is 20.0. The zero-order valence-electron chi connectivity index (χ0n) is 31.1. The molecule has 4 unspecified atom stereocenters. The fourth-order valence-electron chi connectivity index (χ4n) is 12.5. The molecule has 0 radical (unpaired) electrons. The van der Waals surface area contributed by atoms with E-state index in [2.05, 4.69) is 93.1 Å². The van der Waals surface area contributed by atoms with Gasteiger partial charge in [0.15, 0.2) is 0 Å². The topological polar surface area (TPSA) is 177 Å². The Labute approximate surface area is 303 Å². The molecule has 5 saturated carbocycles. The summed E-state index contributed by atoms with van der Waals surface area (Å²) >= 11 is 0. The van der Waals surface area contributed by atoms with Gasteiger partial charge in [-0.05, 0) is 127 Å². The normalized spacial score (nSPS) is 39.7. The Bertz CT molecular complexity index is 1480. The summed E-state index contributed by atoms with van der Waals surface area (Å²) in [4.78, 5) is 11.5. The molecule has 0 saturated heterocycles. The molecule has 0 aromatic heterocycles. The number of benzene rings is 1. The van der Waals surface area contributed by atoms with Crippen LogP contribution in [-0.2, 0) is 20.8 Å². The Hall–Kier alpha value is -3.01. The quantitative estimate of drug-likeness (QED) is 0.0722. The molecule has 5 fully saturated rings. The molecule has 13 heteroatoms. The van der Waals surface area contributed by atoms with Crippen LogP contribution < -0.4 is 0 Å². The van der Waals surface area contributed by atoms with Crippen molar-refractivity contribution in [2.75, 3.05) is 46.5 Å². The zero-order chi connectivity index (χ0) is 36.1. The lowest BCUT2D eigenvalue weighted by Gasteiger charge is -2.66. The van der Waals surface area contributed by atoms with E-state index in [1.54, 1.807) is 0 Å². The molecule has 5 aliphatic carbocycles. The van der Waals surface area contributed by atoms with Gasteiger partial charge >= 0.3 is 0 Å². The maximum absolute atomic E-state index is 9.06. The highest BCUT2D eigenvalue weighted by molar-refractivity contribution is 5.20. The van der Waals surface area contributed by atoms with Gasteiger partial charge in [0.2, 0.25) is 0 Å². The number of azide groups is 3. The van der Waals surface area contributed by atoms with Crippen molar-refractivity contribution >= 4 is 0 Å². The summed E-state index contributed by atoms with van der Waals surface area (Å²) in [6, 6.07) is 11.3. The summed E-state index contributed by atoms with van der Waals surface area (Å²) in [5, 5.41) is 11.3. The first-order valence-electron chi connectivity index (χ1n) is 19.3. The van der Waals surface area contributed by atoms with Gasteiger partial charge in [0, 0.05) is 52.4 Å². The Kier molecular flexibility index (Phi) is 12.1. The molecule has 0 heterocycles. The van der Waals surface area contributed by atoms with E-state index >= 15 is 0 Å². The first-order chi connectivity index (χ1) is 24.7. The number of fused-ring (bicyclic) bond motifs is 5. The van der Waals surface area contributed by atoms with E-state index < -0.39 is 0 Å². The van der Waals surface area contributed by atoms with Gasteiger partial charge in [-0.1, -0.05) is 66.4 Å². The molecule has 0 spiro atoms. The molecular weight excluding hydrogens is 644 g/mol. The average Bonchev–Trinajstić information content (AvgIpc) is 3.48. The number of rotatable bonds is 16. The standard InChI is InChI=1S/C38H58N10O3/c1-36-14-12-28(49-19-16-42-45-39)22-27(36)23-31(50-20-17-43-46-40)35-29-10-11-32(38(29,3)34(24-30(35)36)51-21-18-44-47-41)37(2)15-13-33(37)48(4)25-26-8-6-5-7-9-26/h5-9,27-35H,10-25H2,1-4H3/t27?,28-,29+,30+,31?,32-,33?,34+,35?,36+,37-,38+/m1/s1. The molecule has 1 aromatic carbocycles. The third-order valence-electron chi connectivity index (χ3n) is 14.8. The second kappa shape index (κ2) is 16.3. The smallest absolute Gasteiger partial charge is 0.0637 e. The molecule has 51 heavy (non-hydrogen) atoms. The number of ether oxygens (including phenoxy) is 3. The Morgan fingerprint density at radius 1 is 0.745 bits per heavy atom. The number of hydrogen-bond acceptors (Lipinski definition) is 7. The van der Waals surface area contributed by atoms with Crippen LogP contribution in [0.25, 0.3) is 31.3 Å². The van der Waals surface area contributed by atoms with E-state index in [1.165, 1.54) is 24.8 Å². The van der Waals surface area contributed by atoms with Gasteiger partial charge in [-0.2, -0.15) is 0 Å². The molecule has 5 aliphatic rings. The van der Waals surface area contributed by atoms with Crippen LogP contribution in [0.5, 0.6) is 0 Å². The van der Waals surface area contributed by atoms with Gasteiger partial charge in [0.05, 0.1) is 38.1 Å². The van der Waals surface area contributed by atoms with Crippen molar-refractivity contribution in [2.24, 2.45) is 61.2 Å². The lowest BCUT2D eigenvalue weighted by Crippen LogP contribution is -2.66. The second-order valence-corrected chi connectivity index (χ2v) is 16.8. The molecule has 0 aliphatic heterocycles. The van der Waals surface area contributed by atoms with Crippen LogP contribution >= 0.6 is 0 Å². The van der Waals surface area contributed by atoms with Crippen LogP contribution in [0.4, 0.5) is 0 Å². The van der Waals surface area contributed by atoms with Crippen molar-refractivity contribution in [2.45, 2.75) is 109 Å². The molecule has 1 aromatic rings. The maximum Gasteiger partial charge on any atom is 0.0637 e. The van der Waals surface area contributed by atoms with Crippen LogP contribution in [-0.4, -0.2) is 75.8 Å². The van der Waals surface area contributed by atoms with Crippen LogP contribution in [0.15, 0.2) is 45.7 Å². The van der Waals surface area contributed by atoms with E-state index in [1.807, 2.05) is 0 Å². The fourth-order valence-corrected chi connectivity index (χ4v) is 12.5. The zero-order valence-corrected chi connectivity index (χ0v) is 31.1. The monoisotopic (exact) mass is 702 g/mol. The molecule has 12 atom stereocenters. The molecular formula is C38H58N10O3. The minimum Gasteiger partial charge on any atom is -0.378 e. The second-order valence-electron chi connectivity index (χ2n) is 16.8. The highest BCUT2D eigenvalue weighted by atomic mass is 16.5. The van der Waals surface area contributed by atoms with Gasteiger partial charge < -0.3 is 14.2 Å². The highest BCUT2D eigenvalue weighted by Gasteiger charge is 2.69. The van der Waals surface area contributed by atoms with Gasteiger partial charge in [-0.25, -0.2) is 0 Å². The van der Waals surface area contributed by atoms with E-state index in [0.29, 0.717) is 75.1 Å². The summed E-state index contributed by atoms with van der Waals surface area (Å²) in [6.07, 6.45) is 10.0. The van der Waals surface area contributed by atoms with E-state index in [4.69, 9.17) is 30.8 Å². The Balaban J connectivity index is 1.30. The largest absolute Gasteiger partial charge is 0.378 e. The number of hydrogen-bond donors (Lipinski definition) is 0. The predicted molar refractivity (Wildman–Crippen MR) is 196 cm³/mol. The van der Waals surface area contributed by atoms with Crippen molar-refractivity contribution in [3.63, 3.8) is 0 Å². The SMILES string of the molecule is CN(Cc1ccccc1)C1CC[C@]1(C)[C@H]1CC[C@H]2C3C(OCCN=[N+]=[N-])CC4C[C@H](OCCN=[N+]=[N-])CC[C@]4(C)[C@H]3C[C@H](OCCN=[N+]=[N-])[C@@]21C. The molecule has 278 valence electrons. The summed E-state index contributed by atoms with van der Waals surface area (Å²) in [5.74, 6) is 2.15. The van der Waals surface area contributed by atoms with Crippen LogP contribution in [0, 0.1) is 45.8 Å². The van der Waals surface area contributed by atoms with Gasteiger partial charge in [-0.15, -0.1) is 0 Å². The Morgan fingerprint density at radius 3 is 2.04 bits per heavy atom. The van der Waals surface area contributed by atoms with Crippen molar-refractivity contribution in [3.05, 3.63) is 67.2 Å². The van der Waals surface area contributed by atoms with Crippen LogP contribution in [0.2, 0.25) is 0 Å². The third-order valence-corrected chi connectivity index (χ3v) is 14.8. The molecule has 0 bridgehead atoms. The van der Waals surface area contributed by atoms with Crippen molar-refractivity contribution in [1.29, 1.82) is 0 Å². The first-order valence-corrected chi connectivity index (χ1v) is 19.3. The summed E-state index contributed by atoms with van der Waals surface area (Å²) in [6.45, 7) is 10.9. The number of nitrogens with zero attached hydrogens (tertiary/aromatic N) is 10. The predicted octanol–water partition coefficient (Wildman–Crippen LogP) is 9.25. The Morgan fingerprint density at radius 2 is 1.39 bits per heavy atom. The lowest BCUT2D eigenvalue weighted by atomic mass is 9.41. The molecule has 13 nitrogen and oxygen atoms in total. The molecule has 6 rings (SSSR count). The van der Waals surface area contributed by atoms with Crippen LogP contribution in [0.3, 0.4) is 0 Å².